The Hall–Kier alpha value is -1.85. The lowest BCUT2D eigenvalue weighted by Gasteiger charge is -2.39. The summed E-state index contributed by atoms with van der Waals surface area (Å²) >= 11 is 0. The van der Waals surface area contributed by atoms with Crippen molar-refractivity contribution in [3.8, 4) is 0 Å². The standard InChI is InChI=1S/C19H30F3N5O2S/c1-3-23-18(27-12-10-26(11-13-27)16(2)19(20,21)22)24-9-14-30(28,29)25-15-17-7-5-4-6-8-17/h4-8,16,25H,3,9-15H2,1-2H3,(H,23,24). The molecule has 0 saturated carbocycles. The van der Waals surface area contributed by atoms with Crippen LogP contribution in [0, 0.1) is 0 Å². The number of aliphatic imine (C=N–C) groups is 1. The number of hydrogen-bond acceptors (Lipinski definition) is 4. The molecule has 0 spiro atoms. The Labute approximate surface area is 176 Å². The van der Waals surface area contributed by atoms with E-state index in [1.165, 1.54) is 11.8 Å². The summed E-state index contributed by atoms with van der Waals surface area (Å²) in [5.41, 5.74) is 0.865. The smallest absolute Gasteiger partial charge is 0.357 e. The van der Waals surface area contributed by atoms with Crippen molar-refractivity contribution in [2.75, 3.05) is 45.0 Å². The number of alkyl halides is 3. The Morgan fingerprint density at radius 3 is 2.37 bits per heavy atom. The van der Waals surface area contributed by atoms with Gasteiger partial charge in [-0.1, -0.05) is 30.3 Å². The molecule has 1 aliphatic rings. The lowest BCUT2D eigenvalue weighted by molar-refractivity contribution is -0.181. The number of nitrogens with one attached hydrogen (secondary N) is 2. The van der Waals surface area contributed by atoms with E-state index in [9.17, 15) is 21.6 Å². The van der Waals surface area contributed by atoms with Crippen molar-refractivity contribution in [2.24, 2.45) is 4.99 Å². The van der Waals surface area contributed by atoms with Gasteiger partial charge < -0.3 is 10.2 Å². The van der Waals surface area contributed by atoms with Gasteiger partial charge in [0, 0.05) is 39.3 Å². The summed E-state index contributed by atoms with van der Waals surface area (Å²) in [6.07, 6.45) is -4.25. The molecule has 1 aromatic rings. The van der Waals surface area contributed by atoms with E-state index < -0.39 is 22.2 Å². The molecule has 0 amide bonds. The van der Waals surface area contributed by atoms with Crippen LogP contribution in [-0.2, 0) is 16.6 Å². The fourth-order valence-corrected chi connectivity index (χ4v) is 3.95. The Morgan fingerprint density at radius 1 is 1.17 bits per heavy atom. The maximum atomic E-state index is 12.9. The van der Waals surface area contributed by atoms with Gasteiger partial charge in [-0.3, -0.25) is 9.89 Å². The number of halogens is 3. The highest BCUT2D eigenvalue weighted by atomic mass is 32.2. The molecule has 1 aromatic carbocycles. The number of nitrogens with zero attached hydrogens (tertiary/aromatic N) is 3. The normalized spacial score (nSPS) is 17.8. The Kier molecular flexibility index (Phi) is 8.92. The van der Waals surface area contributed by atoms with Gasteiger partial charge in [0.05, 0.1) is 12.3 Å². The summed E-state index contributed by atoms with van der Waals surface area (Å²) in [4.78, 5) is 7.64. The van der Waals surface area contributed by atoms with E-state index in [0.29, 0.717) is 25.6 Å². The second-order valence-electron chi connectivity index (χ2n) is 7.10. The minimum atomic E-state index is -4.25. The van der Waals surface area contributed by atoms with Crippen LogP contribution in [0.5, 0.6) is 0 Å². The molecule has 1 heterocycles. The zero-order valence-electron chi connectivity index (χ0n) is 17.3. The monoisotopic (exact) mass is 449 g/mol. The number of hydrogen-bond donors (Lipinski definition) is 2. The first-order valence-corrected chi connectivity index (χ1v) is 11.6. The highest BCUT2D eigenvalue weighted by Crippen LogP contribution is 2.25. The average Bonchev–Trinajstić information content (AvgIpc) is 2.71. The predicted octanol–water partition coefficient (Wildman–Crippen LogP) is 1.64. The largest absolute Gasteiger partial charge is 0.403 e. The van der Waals surface area contributed by atoms with E-state index in [0.717, 1.165) is 5.56 Å². The van der Waals surface area contributed by atoms with Gasteiger partial charge in [0.25, 0.3) is 0 Å². The first-order valence-electron chi connectivity index (χ1n) is 9.97. The van der Waals surface area contributed by atoms with Gasteiger partial charge in [-0.05, 0) is 19.4 Å². The van der Waals surface area contributed by atoms with Crippen LogP contribution in [0.1, 0.15) is 19.4 Å². The van der Waals surface area contributed by atoms with Gasteiger partial charge in [0.2, 0.25) is 10.0 Å². The molecule has 0 bridgehead atoms. The van der Waals surface area contributed by atoms with Gasteiger partial charge in [-0.2, -0.15) is 13.2 Å². The summed E-state index contributed by atoms with van der Waals surface area (Å²) in [5, 5.41) is 3.09. The van der Waals surface area contributed by atoms with E-state index in [-0.39, 0.29) is 31.9 Å². The van der Waals surface area contributed by atoms with Crippen LogP contribution in [0.3, 0.4) is 0 Å². The molecule has 7 nitrogen and oxygen atoms in total. The van der Waals surface area contributed by atoms with E-state index in [2.05, 4.69) is 15.0 Å². The second kappa shape index (κ2) is 11.0. The van der Waals surface area contributed by atoms with Gasteiger partial charge in [-0.25, -0.2) is 13.1 Å². The lowest BCUT2D eigenvalue weighted by Crippen LogP contribution is -2.56. The Bertz CT molecular complexity index is 779. The van der Waals surface area contributed by atoms with Crippen LogP contribution < -0.4 is 10.0 Å². The van der Waals surface area contributed by atoms with E-state index in [1.807, 2.05) is 42.2 Å². The molecule has 1 saturated heterocycles. The van der Waals surface area contributed by atoms with Crippen LogP contribution in [0.2, 0.25) is 0 Å². The van der Waals surface area contributed by atoms with Crippen LogP contribution >= 0.6 is 0 Å². The molecule has 2 rings (SSSR count). The first-order chi connectivity index (χ1) is 14.1. The Morgan fingerprint density at radius 2 is 1.80 bits per heavy atom. The van der Waals surface area contributed by atoms with Gasteiger partial charge in [0.1, 0.15) is 6.04 Å². The van der Waals surface area contributed by atoms with Crippen LogP contribution in [0.15, 0.2) is 35.3 Å². The SMILES string of the molecule is CCNC(=NCCS(=O)(=O)NCc1ccccc1)N1CCN(C(C)C(F)(F)F)CC1. The van der Waals surface area contributed by atoms with E-state index in [4.69, 9.17) is 0 Å². The molecule has 0 aliphatic carbocycles. The highest BCUT2D eigenvalue weighted by molar-refractivity contribution is 7.89. The molecule has 30 heavy (non-hydrogen) atoms. The molecule has 11 heteroatoms. The van der Waals surface area contributed by atoms with Gasteiger partial charge >= 0.3 is 6.18 Å². The molecule has 170 valence electrons. The maximum absolute atomic E-state index is 12.9. The number of piperazine rings is 1. The lowest BCUT2D eigenvalue weighted by atomic mass is 10.2. The summed E-state index contributed by atoms with van der Waals surface area (Å²) in [6.45, 7) is 5.23. The van der Waals surface area contributed by atoms with Crippen molar-refractivity contribution >= 4 is 16.0 Å². The van der Waals surface area contributed by atoms with E-state index in [1.54, 1.807) is 0 Å². The fraction of sp³-hybridized carbons (Fsp3) is 0.632. The predicted molar refractivity (Wildman–Crippen MR) is 112 cm³/mol. The van der Waals surface area contributed by atoms with Crippen molar-refractivity contribution in [1.82, 2.24) is 19.8 Å². The third-order valence-electron chi connectivity index (χ3n) is 4.93. The fourth-order valence-electron chi connectivity index (χ4n) is 3.09. The molecular formula is C19H30F3N5O2S. The van der Waals surface area contributed by atoms with Crippen LogP contribution in [0.4, 0.5) is 13.2 Å². The minimum absolute atomic E-state index is 0.0611. The number of benzene rings is 1. The number of rotatable bonds is 8. The third-order valence-corrected chi connectivity index (χ3v) is 6.23. The van der Waals surface area contributed by atoms with Gasteiger partial charge in [0.15, 0.2) is 5.96 Å². The summed E-state index contributed by atoms with van der Waals surface area (Å²) in [6, 6.07) is 7.72. The topological polar surface area (TPSA) is 77.0 Å². The summed E-state index contributed by atoms with van der Waals surface area (Å²) < 4.78 is 65.7. The van der Waals surface area contributed by atoms with Crippen molar-refractivity contribution < 1.29 is 21.6 Å². The molecular weight excluding hydrogens is 419 g/mol. The molecule has 0 aromatic heterocycles. The average molecular weight is 450 g/mol. The third kappa shape index (κ3) is 7.77. The molecule has 1 atom stereocenters. The van der Waals surface area contributed by atoms with Crippen LogP contribution in [-0.4, -0.2) is 81.4 Å². The highest BCUT2D eigenvalue weighted by Gasteiger charge is 2.41. The van der Waals surface area contributed by atoms with Crippen molar-refractivity contribution in [1.29, 1.82) is 0 Å². The summed E-state index contributed by atoms with van der Waals surface area (Å²) in [7, 11) is -3.49. The zero-order chi connectivity index (χ0) is 22.2. The number of sulfonamides is 1. The maximum Gasteiger partial charge on any atom is 0.403 e. The minimum Gasteiger partial charge on any atom is -0.357 e. The Balaban J connectivity index is 1.87. The van der Waals surface area contributed by atoms with Crippen molar-refractivity contribution in [2.45, 2.75) is 32.6 Å². The zero-order valence-corrected chi connectivity index (χ0v) is 18.1. The number of guanidine groups is 1. The molecule has 1 aliphatic heterocycles. The molecule has 0 radical (unpaired) electrons. The second-order valence-corrected chi connectivity index (χ2v) is 9.03. The van der Waals surface area contributed by atoms with Gasteiger partial charge in [-0.15, -0.1) is 0 Å². The van der Waals surface area contributed by atoms with Crippen LogP contribution in [0.25, 0.3) is 0 Å². The van der Waals surface area contributed by atoms with Crippen molar-refractivity contribution in [3.63, 3.8) is 0 Å². The summed E-state index contributed by atoms with van der Waals surface area (Å²) in [5.74, 6) is 0.356. The molecule has 1 fully saturated rings. The van der Waals surface area contributed by atoms with Crippen molar-refractivity contribution in [3.05, 3.63) is 35.9 Å². The quantitative estimate of drug-likeness (QED) is 0.466. The van der Waals surface area contributed by atoms with E-state index >= 15 is 0 Å². The molecule has 2 N–H and O–H groups in total. The molecule has 1 unspecified atom stereocenters. The first kappa shape index (κ1) is 24.4.